The topological polar surface area (TPSA) is 72.1 Å². The Morgan fingerprint density at radius 3 is 2.83 bits per heavy atom. The molecule has 1 aromatic rings. The first-order chi connectivity index (χ1) is 10.9. The summed E-state index contributed by atoms with van der Waals surface area (Å²) in [5.41, 5.74) is 0.0249. The van der Waals surface area contributed by atoms with Crippen molar-refractivity contribution in [2.75, 3.05) is 13.1 Å². The Hall–Kier alpha value is -2.21. The zero-order valence-electron chi connectivity index (χ0n) is 13.5. The van der Waals surface area contributed by atoms with E-state index in [0.29, 0.717) is 24.6 Å². The van der Waals surface area contributed by atoms with Crippen LogP contribution in [0.1, 0.15) is 26.5 Å². The quantitative estimate of drug-likeness (QED) is 0.780. The standard InChI is InChI=1S/C17H20N2O4/c1-11-9-19(10-17(2,3)23-11)16(21)12-6-7-13(18-15(12)20)14-5-4-8-22-14/h4-8,11-12H,9-10H2,1-3H3. The van der Waals surface area contributed by atoms with Crippen molar-refractivity contribution in [1.82, 2.24) is 4.90 Å². The van der Waals surface area contributed by atoms with Crippen LogP contribution in [0.4, 0.5) is 0 Å². The van der Waals surface area contributed by atoms with Crippen LogP contribution in [0.2, 0.25) is 0 Å². The number of dihydropyridines is 1. The molecule has 23 heavy (non-hydrogen) atoms. The van der Waals surface area contributed by atoms with Gasteiger partial charge in [0.15, 0.2) is 5.76 Å². The van der Waals surface area contributed by atoms with Crippen LogP contribution in [0, 0.1) is 5.92 Å². The predicted octanol–water partition coefficient (Wildman–Crippen LogP) is 1.81. The third-order valence-corrected chi connectivity index (χ3v) is 3.86. The number of nitrogens with zero attached hydrogens (tertiary/aromatic N) is 2. The Bertz CT molecular complexity index is 673. The molecule has 1 saturated heterocycles. The Morgan fingerprint density at radius 2 is 2.22 bits per heavy atom. The summed E-state index contributed by atoms with van der Waals surface area (Å²) in [6.45, 7) is 6.74. The van der Waals surface area contributed by atoms with E-state index in [-0.39, 0.29) is 12.0 Å². The van der Waals surface area contributed by atoms with Crippen molar-refractivity contribution in [3.63, 3.8) is 0 Å². The van der Waals surface area contributed by atoms with Gasteiger partial charge < -0.3 is 14.1 Å². The lowest BCUT2D eigenvalue weighted by Crippen LogP contribution is -2.55. The SMILES string of the molecule is CC1CN(C(=O)C2C=CC(c3ccco3)=NC2=O)CC(C)(C)O1. The zero-order chi connectivity index (χ0) is 16.6. The van der Waals surface area contributed by atoms with Crippen LogP contribution in [0.25, 0.3) is 0 Å². The highest BCUT2D eigenvalue weighted by atomic mass is 16.5. The van der Waals surface area contributed by atoms with Crippen molar-refractivity contribution in [2.24, 2.45) is 10.9 Å². The van der Waals surface area contributed by atoms with Crippen LogP contribution < -0.4 is 0 Å². The fraction of sp³-hybridized carbons (Fsp3) is 0.471. The number of amides is 2. The molecule has 2 unspecified atom stereocenters. The van der Waals surface area contributed by atoms with Crippen molar-refractivity contribution in [2.45, 2.75) is 32.5 Å². The fourth-order valence-electron chi connectivity index (χ4n) is 3.06. The van der Waals surface area contributed by atoms with Crippen molar-refractivity contribution in [3.8, 4) is 0 Å². The van der Waals surface area contributed by atoms with Crippen LogP contribution in [-0.2, 0) is 14.3 Å². The smallest absolute Gasteiger partial charge is 0.262 e. The maximum atomic E-state index is 12.7. The van der Waals surface area contributed by atoms with Gasteiger partial charge in [-0.15, -0.1) is 0 Å². The highest BCUT2D eigenvalue weighted by Gasteiger charge is 2.38. The van der Waals surface area contributed by atoms with Gasteiger partial charge in [0.25, 0.3) is 5.91 Å². The van der Waals surface area contributed by atoms with E-state index in [9.17, 15) is 9.59 Å². The van der Waals surface area contributed by atoms with E-state index < -0.39 is 17.4 Å². The van der Waals surface area contributed by atoms with Crippen LogP contribution in [0.5, 0.6) is 0 Å². The third-order valence-electron chi connectivity index (χ3n) is 3.86. The zero-order valence-corrected chi connectivity index (χ0v) is 13.5. The van der Waals surface area contributed by atoms with Gasteiger partial charge in [0.1, 0.15) is 11.6 Å². The molecule has 3 rings (SSSR count). The lowest BCUT2D eigenvalue weighted by molar-refractivity contribution is -0.161. The number of allylic oxidation sites excluding steroid dienone is 1. The molecule has 1 aromatic heterocycles. The van der Waals surface area contributed by atoms with Crippen LogP contribution >= 0.6 is 0 Å². The average molecular weight is 316 g/mol. The van der Waals surface area contributed by atoms with Crippen molar-refractivity contribution in [1.29, 1.82) is 0 Å². The van der Waals surface area contributed by atoms with Gasteiger partial charge in [0.05, 0.1) is 18.0 Å². The first-order valence-electron chi connectivity index (χ1n) is 7.67. The average Bonchev–Trinajstić information content (AvgIpc) is 2.98. The van der Waals surface area contributed by atoms with Gasteiger partial charge in [-0.2, -0.15) is 0 Å². The van der Waals surface area contributed by atoms with E-state index in [1.54, 1.807) is 29.2 Å². The van der Waals surface area contributed by atoms with E-state index in [1.165, 1.54) is 6.26 Å². The van der Waals surface area contributed by atoms with Gasteiger partial charge in [-0.1, -0.05) is 6.08 Å². The maximum Gasteiger partial charge on any atom is 0.262 e. The molecule has 0 saturated carbocycles. The molecule has 122 valence electrons. The Labute approximate surface area is 134 Å². The molecule has 2 aliphatic heterocycles. The maximum absolute atomic E-state index is 12.7. The second-order valence-electron chi connectivity index (χ2n) is 6.56. The number of hydrogen-bond acceptors (Lipinski definition) is 4. The minimum Gasteiger partial charge on any atom is -0.463 e. The second-order valence-corrected chi connectivity index (χ2v) is 6.56. The molecule has 2 aliphatic rings. The number of carbonyl (C=O) groups is 2. The number of aliphatic imine (C=N–C) groups is 1. The lowest BCUT2D eigenvalue weighted by Gasteiger charge is -2.42. The number of rotatable bonds is 2. The summed E-state index contributed by atoms with van der Waals surface area (Å²) in [5.74, 6) is -1.03. The molecule has 1 fully saturated rings. The molecule has 0 spiro atoms. The number of furan rings is 1. The molecule has 0 aliphatic carbocycles. The largest absolute Gasteiger partial charge is 0.463 e. The number of carbonyl (C=O) groups excluding carboxylic acids is 2. The predicted molar refractivity (Wildman–Crippen MR) is 84.1 cm³/mol. The van der Waals surface area contributed by atoms with Gasteiger partial charge in [0, 0.05) is 13.1 Å². The summed E-state index contributed by atoms with van der Waals surface area (Å²) >= 11 is 0. The number of ether oxygens (including phenoxy) is 1. The molecule has 6 nitrogen and oxygen atoms in total. The van der Waals surface area contributed by atoms with Gasteiger partial charge >= 0.3 is 0 Å². The van der Waals surface area contributed by atoms with E-state index in [0.717, 1.165) is 0 Å². The van der Waals surface area contributed by atoms with Crippen molar-refractivity contribution in [3.05, 3.63) is 36.3 Å². The minimum atomic E-state index is -0.866. The number of hydrogen-bond donors (Lipinski definition) is 0. The molecule has 2 atom stereocenters. The Kier molecular flexibility index (Phi) is 3.93. The van der Waals surface area contributed by atoms with Crippen LogP contribution in [0.15, 0.2) is 40.0 Å². The van der Waals surface area contributed by atoms with Gasteiger partial charge in [-0.25, -0.2) is 4.99 Å². The summed E-state index contributed by atoms with van der Waals surface area (Å²) in [7, 11) is 0. The highest BCUT2D eigenvalue weighted by molar-refractivity contribution is 6.17. The fourth-order valence-corrected chi connectivity index (χ4v) is 3.06. The van der Waals surface area contributed by atoms with Crippen molar-refractivity contribution >= 4 is 17.5 Å². The third kappa shape index (κ3) is 3.27. The van der Waals surface area contributed by atoms with Crippen LogP contribution in [0.3, 0.4) is 0 Å². The van der Waals surface area contributed by atoms with Gasteiger partial charge in [-0.05, 0) is 39.0 Å². The van der Waals surface area contributed by atoms with Gasteiger partial charge in [-0.3, -0.25) is 9.59 Å². The number of morpholine rings is 1. The first kappa shape index (κ1) is 15.7. The summed E-state index contributed by atoms with van der Waals surface area (Å²) in [6.07, 6.45) is 4.72. The van der Waals surface area contributed by atoms with Crippen LogP contribution in [-0.4, -0.2) is 47.2 Å². The molecular weight excluding hydrogens is 296 g/mol. The monoisotopic (exact) mass is 316 g/mol. The molecule has 0 radical (unpaired) electrons. The molecule has 2 amide bonds. The highest BCUT2D eigenvalue weighted by Crippen LogP contribution is 2.24. The summed E-state index contributed by atoms with van der Waals surface area (Å²) in [5, 5.41) is 0. The van der Waals surface area contributed by atoms with E-state index in [1.807, 2.05) is 20.8 Å². The lowest BCUT2D eigenvalue weighted by atomic mass is 9.99. The van der Waals surface area contributed by atoms with Gasteiger partial charge in [0.2, 0.25) is 5.91 Å². The summed E-state index contributed by atoms with van der Waals surface area (Å²) in [6, 6.07) is 3.45. The minimum absolute atomic E-state index is 0.0625. The normalized spacial score (nSPS) is 27.0. The molecular formula is C17H20N2O4. The molecule has 3 heterocycles. The van der Waals surface area contributed by atoms with Crippen molar-refractivity contribution < 1.29 is 18.7 Å². The molecule has 0 aromatic carbocycles. The molecule has 0 bridgehead atoms. The summed E-state index contributed by atoms with van der Waals surface area (Å²) < 4.78 is 11.0. The first-order valence-corrected chi connectivity index (χ1v) is 7.67. The second kappa shape index (κ2) is 5.77. The van der Waals surface area contributed by atoms with E-state index in [2.05, 4.69) is 4.99 Å². The molecule has 0 N–H and O–H groups in total. The van der Waals surface area contributed by atoms with E-state index >= 15 is 0 Å². The Morgan fingerprint density at radius 1 is 1.43 bits per heavy atom. The van der Waals surface area contributed by atoms with E-state index in [4.69, 9.17) is 9.15 Å². The summed E-state index contributed by atoms with van der Waals surface area (Å²) in [4.78, 5) is 30.6. The Balaban J connectivity index is 1.75. The molecule has 6 heteroatoms.